The third-order valence-electron chi connectivity index (χ3n) is 8.36. The molecule has 0 spiro atoms. The molecule has 3 aliphatic rings. The molecule has 6 nitrogen and oxygen atoms in total. The van der Waals surface area contributed by atoms with Crippen LogP contribution in [0.3, 0.4) is 0 Å². The molecule has 3 unspecified atom stereocenters. The van der Waals surface area contributed by atoms with Crippen molar-refractivity contribution >= 4 is 17.4 Å². The van der Waals surface area contributed by atoms with E-state index in [1.807, 2.05) is 12.1 Å². The molecule has 0 radical (unpaired) electrons. The highest BCUT2D eigenvalue weighted by molar-refractivity contribution is 5.99. The van der Waals surface area contributed by atoms with Gasteiger partial charge in [0.25, 0.3) is 0 Å². The zero-order valence-corrected chi connectivity index (χ0v) is 19.5. The van der Waals surface area contributed by atoms with Gasteiger partial charge >= 0.3 is 0 Å². The summed E-state index contributed by atoms with van der Waals surface area (Å²) in [4.78, 5) is 16.8. The van der Waals surface area contributed by atoms with E-state index in [9.17, 15) is 14.4 Å². The fraction of sp³-hybridized carbons (Fsp3) is 0.444. The first-order chi connectivity index (χ1) is 16.4. The van der Waals surface area contributed by atoms with E-state index < -0.39 is 0 Å². The Bertz CT molecular complexity index is 1150. The summed E-state index contributed by atoms with van der Waals surface area (Å²) in [5.41, 5.74) is 2.59. The molecule has 0 aliphatic heterocycles. The Hall–Kier alpha value is -3.22. The zero-order valence-electron chi connectivity index (χ0n) is 19.5. The van der Waals surface area contributed by atoms with E-state index in [0.717, 1.165) is 42.5 Å². The quantitative estimate of drug-likeness (QED) is 0.364. The number of benzene rings is 1. The van der Waals surface area contributed by atoms with Crippen LogP contribution >= 0.6 is 0 Å². The number of carbonyl (C=O) groups is 1. The number of methoxy groups -OCH3 is 1. The third-order valence-corrected chi connectivity index (χ3v) is 8.36. The van der Waals surface area contributed by atoms with E-state index in [4.69, 9.17) is 4.74 Å². The van der Waals surface area contributed by atoms with E-state index in [1.165, 1.54) is 0 Å². The number of oxime groups is 1. The molecule has 0 saturated heterocycles. The highest BCUT2D eigenvalue weighted by Crippen LogP contribution is 2.62. The summed E-state index contributed by atoms with van der Waals surface area (Å²) in [7, 11) is 1.56. The van der Waals surface area contributed by atoms with Gasteiger partial charge in [-0.1, -0.05) is 30.3 Å². The first-order valence-electron chi connectivity index (χ1n) is 11.9. The lowest BCUT2D eigenvalue weighted by Gasteiger charge is -2.50. The second-order valence-electron chi connectivity index (χ2n) is 9.94. The predicted molar refractivity (Wildman–Crippen MR) is 128 cm³/mol. The Balaban J connectivity index is 1.39. The zero-order chi connectivity index (χ0) is 23.9. The maximum Gasteiger partial charge on any atom is 0.249 e. The van der Waals surface area contributed by atoms with Gasteiger partial charge in [0.1, 0.15) is 17.4 Å². The molecule has 5 rings (SSSR count). The van der Waals surface area contributed by atoms with Gasteiger partial charge in [-0.2, -0.15) is 0 Å². The minimum absolute atomic E-state index is 0.0772. The van der Waals surface area contributed by atoms with Gasteiger partial charge in [-0.05, 0) is 91.2 Å². The number of halogens is 1. The molecule has 2 fully saturated rings. The van der Waals surface area contributed by atoms with Crippen LogP contribution in [0.4, 0.5) is 10.2 Å². The summed E-state index contributed by atoms with van der Waals surface area (Å²) in [6, 6.07) is 8.88. The lowest BCUT2D eigenvalue weighted by Crippen LogP contribution is -2.44. The van der Waals surface area contributed by atoms with Gasteiger partial charge < -0.3 is 15.3 Å². The van der Waals surface area contributed by atoms with Crippen LogP contribution in [0, 0.1) is 29.0 Å². The van der Waals surface area contributed by atoms with Crippen molar-refractivity contribution in [2.24, 2.45) is 28.3 Å². The Morgan fingerprint density at radius 3 is 2.91 bits per heavy atom. The van der Waals surface area contributed by atoms with Crippen molar-refractivity contribution in [2.75, 3.05) is 12.4 Å². The van der Waals surface area contributed by atoms with E-state index in [1.54, 1.807) is 37.6 Å². The van der Waals surface area contributed by atoms with Crippen LogP contribution in [0.5, 0.6) is 5.75 Å². The number of hydrogen-bond donors (Lipinski definition) is 2. The number of ether oxygens (including phenoxy) is 1. The highest BCUT2D eigenvalue weighted by atomic mass is 19.1. The predicted octanol–water partition coefficient (Wildman–Crippen LogP) is 5.34. The molecule has 2 N–H and O–H groups in total. The van der Waals surface area contributed by atoms with Crippen molar-refractivity contribution in [3.8, 4) is 5.75 Å². The highest BCUT2D eigenvalue weighted by Gasteiger charge is 2.57. The van der Waals surface area contributed by atoms with Crippen molar-refractivity contribution in [3.05, 3.63) is 65.6 Å². The molecule has 3 aliphatic carbocycles. The molecule has 1 aromatic carbocycles. The fourth-order valence-corrected chi connectivity index (χ4v) is 6.83. The molecule has 1 amide bonds. The molecule has 2 saturated carbocycles. The summed E-state index contributed by atoms with van der Waals surface area (Å²) in [5, 5.41) is 16.3. The normalized spacial score (nSPS) is 31.1. The van der Waals surface area contributed by atoms with Crippen LogP contribution in [-0.2, 0) is 11.2 Å². The molecule has 7 heteroatoms. The largest absolute Gasteiger partial charge is 0.495 e. The smallest absolute Gasteiger partial charge is 0.249 e. The van der Waals surface area contributed by atoms with Crippen molar-refractivity contribution < 1.29 is 19.1 Å². The van der Waals surface area contributed by atoms with Gasteiger partial charge in [0.15, 0.2) is 0 Å². The van der Waals surface area contributed by atoms with Crippen LogP contribution < -0.4 is 10.1 Å². The lowest BCUT2D eigenvalue weighted by atomic mass is 9.54. The average Bonchev–Trinajstić information content (AvgIpc) is 3.15. The summed E-state index contributed by atoms with van der Waals surface area (Å²) < 4.78 is 19.6. The number of nitrogens with zero attached hydrogens (tertiary/aromatic N) is 2. The van der Waals surface area contributed by atoms with Crippen LogP contribution in [0.2, 0.25) is 0 Å². The standard InChI is InChI=1S/C27H30FN3O3/c1-27-13-12-19-18-4-3-5-22(28)20(18)8-9-21(19)26(27)16(14-23(27)31-33)6-11-25(32)30-24-10-7-17(34-2)15-29-24/h3-7,10-11,15-16,19,21,26,33H,8-9,12-14H2,1-2H3,(H,29,30,32)/b11-6?,31-23+/t16-,19?,21?,26?,27+/m0/s1. The summed E-state index contributed by atoms with van der Waals surface area (Å²) in [5.74, 6) is 1.68. The van der Waals surface area contributed by atoms with Crippen molar-refractivity contribution in [3.63, 3.8) is 0 Å². The van der Waals surface area contributed by atoms with E-state index in [0.29, 0.717) is 29.8 Å². The van der Waals surface area contributed by atoms with Gasteiger partial charge in [0.2, 0.25) is 5.91 Å². The van der Waals surface area contributed by atoms with Crippen molar-refractivity contribution in [2.45, 2.75) is 44.9 Å². The number of anilines is 1. The van der Waals surface area contributed by atoms with Gasteiger partial charge in [0.05, 0.1) is 19.0 Å². The number of hydrogen-bond acceptors (Lipinski definition) is 5. The van der Waals surface area contributed by atoms with Crippen LogP contribution in [-0.4, -0.2) is 28.9 Å². The molecule has 5 atom stereocenters. The minimum atomic E-state index is -0.253. The number of allylic oxidation sites excluding steroid dienone is 1. The van der Waals surface area contributed by atoms with E-state index in [-0.39, 0.29) is 29.0 Å². The summed E-state index contributed by atoms with van der Waals surface area (Å²) in [6.45, 7) is 2.19. The minimum Gasteiger partial charge on any atom is -0.495 e. The van der Waals surface area contributed by atoms with E-state index in [2.05, 4.69) is 28.4 Å². The number of amides is 1. The molecular formula is C27H30FN3O3. The molecule has 34 heavy (non-hydrogen) atoms. The van der Waals surface area contributed by atoms with Crippen LogP contribution in [0.25, 0.3) is 0 Å². The average molecular weight is 464 g/mol. The second-order valence-corrected chi connectivity index (χ2v) is 9.94. The molecule has 2 aromatic rings. The van der Waals surface area contributed by atoms with E-state index >= 15 is 0 Å². The molecule has 178 valence electrons. The van der Waals surface area contributed by atoms with Gasteiger partial charge in [0, 0.05) is 5.41 Å². The first-order valence-corrected chi connectivity index (χ1v) is 11.9. The molecule has 0 bridgehead atoms. The van der Waals surface area contributed by atoms with Gasteiger partial charge in [-0.25, -0.2) is 9.37 Å². The van der Waals surface area contributed by atoms with Crippen molar-refractivity contribution in [1.29, 1.82) is 0 Å². The first kappa shape index (κ1) is 22.6. The monoisotopic (exact) mass is 463 g/mol. The second kappa shape index (κ2) is 8.85. The Kier molecular flexibility index (Phi) is 5.88. The Morgan fingerprint density at radius 2 is 2.18 bits per heavy atom. The Labute approximate surface area is 198 Å². The fourth-order valence-electron chi connectivity index (χ4n) is 6.83. The maximum atomic E-state index is 14.5. The molecular weight excluding hydrogens is 433 g/mol. The number of nitrogens with one attached hydrogen (secondary N) is 1. The van der Waals surface area contributed by atoms with Crippen LogP contribution in [0.15, 0.2) is 53.8 Å². The number of fused-ring (bicyclic) bond motifs is 5. The number of aromatic nitrogens is 1. The number of pyridine rings is 1. The molecule has 1 heterocycles. The maximum absolute atomic E-state index is 14.5. The SMILES string of the molecule is COc1ccc(NC(=O)C=C[C@H]2C/C(=N\O)[C@@]3(C)CCC4c5cccc(F)c5CCC4C23)nc1. The van der Waals surface area contributed by atoms with Crippen LogP contribution in [0.1, 0.15) is 49.7 Å². The topological polar surface area (TPSA) is 83.8 Å². The number of rotatable bonds is 4. The third kappa shape index (κ3) is 3.77. The molecule has 1 aromatic heterocycles. The van der Waals surface area contributed by atoms with Gasteiger partial charge in [-0.3, -0.25) is 4.79 Å². The lowest BCUT2D eigenvalue weighted by molar-refractivity contribution is -0.112. The summed E-state index contributed by atoms with van der Waals surface area (Å²) >= 11 is 0. The van der Waals surface area contributed by atoms with Crippen molar-refractivity contribution in [1.82, 2.24) is 4.98 Å². The summed E-state index contributed by atoms with van der Waals surface area (Å²) in [6.07, 6.45) is 9.18. The Morgan fingerprint density at radius 1 is 1.32 bits per heavy atom. The number of carbonyl (C=O) groups excluding carboxylic acids is 1. The van der Waals surface area contributed by atoms with Gasteiger partial charge in [-0.15, -0.1) is 0 Å².